The maximum absolute atomic E-state index is 12.8. The molecule has 0 bridgehead atoms. The highest BCUT2D eigenvalue weighted by molar-refractivity contribution is 6.08. The first-order valence-electron chi connectivity index (χ1n) is 10.0. The Morgan fingerprint density at radius 1 is 1.04 bits per heavy atom. The molecule has 1 aliphatic rings. The van der Waals surface area contributed by atoms with Crippen molar-refractivity contribution in [2.45, 2.75) is 19.9 Å². The molecule has 1 saturated heterocycles. The zero-order valence-corrected chi connectivity index (χ0v) is 16.6. The maximum Gasteiger partial charge on any atom is 0.253 e. The summed E-state index contributed by atoms with van der Waals surface area (Å²) in [6.07, 6.45) is 0. The Morgan fingerprint density at radius 2 is 1.71 bits per heavy atom. The number of H-pyrrole nitrogens is 1. The molecule has 1 amide bonds. The quantitative estimate of drug-likeness (QED) is 0.717. The standard InChI is InChI=1S/C23H28N4O/c1-17(26-12-14-27(15-13-26)19-8-4-3-5-9-19)16-24-23(28)22-18(2)25-21-11-7-6-10-20(21)22/h3-11,17,25H,12-16H2,1-2H3,(H,24,28). The Bertz CT molecular complexity index is 942. The van der Waals surface area contributed by atoms with Crippen molar-refractivity contribution >= 4 is 22.5 Å². The van der Waals surface area contributed by atoms with Crippen molar-refractivity contribution in [1.29, 1.82) is 0 Å². The van der Waals surface area contributed by atoms with Gasteiger partial charge in [0.1, 0.15) is 0 Å². The predicted octanol–water partition coefficient (Wildman–Crippen LogP) is 3.42. The van der Waals surface area contributed by atoms with E-state index in [0.29, 0.717) is 12.6 Å². The Hall–Kier alpha value is -2.79. The van der Waals surface area contributed by atoms with Gasteiger partial charge in [0.05, 0.1) is 5.56 Å². The zero-order valence-electron chi connectivity index (χ0n) is 16.6. The number of aromatic amines is 1. The van der Waals surface area contributed by atoms with Crippen LogP contribution in [-0.2, 0) is 0 Å². The number of piperazine rings is 1. The molecule has 1 unspecified atom stereocenters. The SMILES string of the molecule is Cc1[nH]c2ccccc2c1C(=O)NCC(C)N1CCN(c2ccccc2)CC1. The van der Waals surface area contributed by atoms with Gasteiger partial charge < -0.3 is 15.2 Å². The van der Waals surface area contributed by atoms with E-state index in [1.54, 1.807) is 0 Å². The first-order chi connectivity index (χ1) is 13.6. The summed E-state index contributed by atoms with van der Waals surface area (Å²) >= 11 is 0. The molecule has 1 fully saturated rings. The van der Waals surface area contributed by atoms with Gasteiger partial charge in [-0.25, -0.2) is 0 Å². The van der Waals surface area contributed by atoms with Crippen molar-refractivity contribution in [1.82, 2.24) is 15.2 Å². The van der Waals surface area contributed by atoms with E-state index in [1.807, 2.05) is 31.2 Å². The minimum absolute atomic E-state index is 0.00437. The largest absolute Gasteiger partial charge is 0.369 e. The summed E-state index contributed by atoms with van der Waals surface area (Å²) in [5, 5.41) is 4.13. The fourth-order valence-electron chi connectivity index (χ4n) is 4.09. The average Bonchev–Trinajstić information content (AvgIpc) is 3.08. The second kappa shape index (κ2) is 8.07. The summed E-state index contributed by atoms with van der Waals surface area (Å²) in [5.74, 6) is 0.00437. The second-order valence-electron chi connectivity index (χ2n) is 7.59. The van der Waals surface area contributed by atoms with Crippen molar-refractivity contribution in [3.8, 4) is 0 Å². The van der Waals surface area contributed by atoms with E-state index in [1.165, 1.54) is 5.69 Å². The van der Waals surface area contributed by atoms with E-state index in [0.717, 1.165) is 48.3 Å². The fraction of sp³-hybridized carbons (Fsp3) is 0.348. The molecule has 1 aromatic heterocycles. The molecule has 0 spiro atoms. The molecule has 5 nitrogen and oxygen atoms in total. The third-order valence-corrected chi connectivity index (χ3v) is 5.74. The number of carbonyl (C=O) groups excluding carboxylic acids is 1. The highest BCUT2D eigenvalue weighted by Gasteiger charge is 2.22. The van der Waals surface area contributed by atoms with Crippen molar-refractivity contribution in [3.63, 3.8) is 0 Å². The monoisotopic (exact) mass is 376 g/mol. The van der Waals surface area contributed by atoms with Gasteiger partial charge in [0, 0.05) is 61.0 Å². The molecule has 1 aliphatic heterocycles. The molecule has 2 N–H and O–H groups in total. The number of anilines is 1. The number of hydrogen-bond acceptors (Lipinski definition) is 3. The molecule has 146 valence electrons. The van der Waals surface area contributed by atoms with Gasteiger partial charge in [-0.1, -0.05) is 36.4 Å². The van der Waals surface area contributed by atoms with Gasteiger partial charge in [-0.05, 0) is 32.0 Å². The van der Waals surface area contributed by atoms with Crippen LogP contribution in [0, 0.1) is 6.92 Å². The number of benzene rings is 2. The molecule has 3 aromatic rings. The average molecular weight is 377 g/mol. The highest BCUT2D eigenvalue weighted by Crippen LogP contribution is 2.22. The Labute approximate surface area is 166 Å². The topological polar surface area (TPSA) is 51.4 Å². The summed E-state index contributed by atoms with van der Waals surface area (Å²) in [5.41, 5.74) is 3.98. The number of carbonyl (C=O) groups is 1. The van der Waals surface area contributed by atoms with Crippen LogP contribution in [0.15, 0.2) is 54.6 Å². The number of nitrogens with one attached hydrogen (secondary N) is 2. The first kappa shape index (κ1) is 18.6. The molecule has 0 aliphatic carbocycles. The van der Waals surface area contributed by atoms with E-state index < -0.39 is 0 Å². The van der Waals surface area contributed by atoms with Crippen LogP contribution in [0.5, 0.6) is 0 Å². The summed E-state index contributed by atoms with van der Waals surface area (Å²) < 4.78 is 0. The Morgan fingerprint density at radius 3 is 2.46 bits per heavy atom. The van der Waals surface area contributed by atoms with Gasteiger partial charge in [0.25, 0.3) is 5.91 Å². The second-order valence-corrected chi connectivity index (χ2v) is 7.59. The van der Waals surface area contributed by atoms with Crippen molar-refractivity contribution in [3.05, 3.63) is 65.9 Å². The lowest BCUT2D eigenvalue weighted by Gasteiger charge is -2.39. The summed E-state index contributed by atoms with van der Waals surface area (Å²) in [7, 11) is 0. The van der Waals surface area contributed by atoms with E-state index in [-0.39, 0.29) is 5.91 Å². The van der Waals surface area contributed by atoms with Gasteiger partial charge in [-0.15, -0.1) is 0 Å². The molecule has 0 saturated carbocycles. The van der Waals surface area contributed by atoms with E-state index in [4.69, 9.17) is 0 Å². The van der Waals surface area contributed by atoms with Crippen LogP contribution >= 0.6 is 0 Å². The number of aryl methyl sites for hydroxylation is 1. The minimum Gasteiger partial charge on any atom is -0.369 e. The van der Waals surface area contributed by atoms with Gasteiger partial charge in [-0.3, -0.25) is 9.69 Å². The van der Waals surface area contributed by atoms with Gasteiger partial charge in [-0.2, -0.15) is 0 Å². The third-order valence-electron chi connectivity index (χ3n) is 5.74. The van der Waals surface area contributed by atoms with Crippen LogP contribution in [0.4, 0.5) is 5.69 Å². The molecule has 2 aromatic carbocycles. The first-order valence-corrected chi connectivity index (χ1v) is 10.0. The lowest BCUT2D eigenvalue weighted by atomic mass is 10.1. The van der Waals surface area contributed by atoms with Crippen LogP contribution in [0.3, 0.4) is 0 Å². The lowest BCUT2D eigenvalue weighted by molar-refractivity contribution is 0.0935. The van der Waals surface area contributed by atoms with Crippen molar-refractivity contribution < 1.29 is 4.79 Å². The molecule has 28 heavy (non-hydrogen) atoms. The maximum atomic E-state index is 12.8. The minimum atomic E-state index is 0.00437. The Balaban J connectivity index is 1.33. The van der Waals surface area contributed by atoms with Gasteiger partial charge >= 0.3 is 0 Å². The number of amides is 1. The van der Waals surface area contributed by atoms with Crippen LogP contribution < -0.4 is 10.2 Å². The Kier molecular flexibility index (Phi) is 5.35. The fourth-order valence-corrected chi connectivity index (χ4v) is 4.09. The number of para-hydroxylation sites is 2. The zero-order chi connectivity index (χ0) is 19.5. The smallest absolute Gasteiger partial charge is 0.253 e. The van der Waals surface area contributed by atoms with E-state index in [2.05, 4.69) is 57.4 Å². The third kappa shape index (κ3) is 3.76. The molecule has 2 heterocycles. The predicted molar refractivity (Wildman–Crippen MR) is 115 cm³/mol. The lowest BCUT2D eigenvalue weighted by Crippen LogP contribution is -2.52. The molecule has 0 radical (unpaired) electrons. The number of fused-ring (bicyclic) bond motifs is 1. The summed E-state index contributed by atoms with van der Waals surface area (Å²) in [4.78, 5) is 21.0. The van der Waals surface area contributed by atoms with E-state index in [9.17, 15) is 4.79 Å². The van der Waals surface area contributed by atoms with Crippen LogP contribution in [-0.4, -0.2) is 54.6 Å². The molecule has 5 heteroatoms. The number of aromatic nitrogens is 1. The molecular formula is C23H28N4O. The van der Waals surface area contributed by atoms with Crippen molar-refractivity contribution in [2.75, 3.05) is 37.6 Å². The number of hydrogen-bond donors (Lipinski definition) is 2. The van der Waals surface area contributed by atoms with Gasteiger partial charge in [0.2, 0.25) is 0 Å². The number of rotatable bonds is 5. The van der Waals surface area contributed by atoms with Crippen LogP contribution in [0.25, 0.3) is 10.9 Å². The van der Waals surface area contributed by atoms with Gasteiger partial charge in [0.15, 0.2) is 0 Å². The highest BCUT2D eigenvalue weighted by atomic mass is 16.1. The molecule has 4 rings (SSSR count). The van der Waals surface area contributed by atoms with E-state index >= 15 is 0 Å². The summed E-state index contributed by atoms with van der Waals surface area (Å²) in [6.45, 7) is 8.87. The number of nitrogens with zero attached hydrogens (tertiary/aromatic N) is 2. The van der Waals surface area contributed by atoms with Crippen LogP contribution in [0.1, 0.15) is 23.0 Å². The molecule has 1 atom stereocenters. The van der Waals surface area contributed by atoms with Crippen molar-refractivity contribution in [2.24, 2.45) is 0 Å². The normalized spacial score (nSPS) is 16.3. The molecular weight excluding hydrogens is 348 g/mol. The summed E-state index contributed by atoms with van der Waals surface area (Å²) in [6, 6.07) is 18.9. The van der Waals surface area contributed by atoms with Crippen LogP contribution in [0.2, 0.25) is 0 Å².